The molecule has 0 aliphatic carbocycles. The van der Waals surface area contributed by atoms with Gasteiger partial charge in [0.1, 0.15) is 12.4 Å². The maximum absolute atomic E-state index is 11.0. The Hall–Kier alpha value is -3.20. The summed E-state index contributed by atoms with van der Waals surface area (Å²) in [5.74, 6) is 0.841. The number of fused-ring (bicyclic) bond motifs is 1. The number of hydrogen-bond donors (Lipinski definition) is 1. The van der Waals surface area contributed by atoms with Gasteiger partial charge in [0.25, 0.3) is 0 Å². The summed E-state index contributed by atoms with van der Waals surface area (Å²) in [7, 11) is 0. The fourth-order valence-electron chi connectivity index (χ4n) is 2.46. The van der Waals surface area contributed by atoms with E-state index < -0.39 is 0 Å². The summed E-state index contributed by atoms with van der Waals surface area (Å²) in [5.41, 5.74) is 0.643. The summed E-state index contributed by atoms with van der Waals surface area (Å²) in [6.45, 7) is 5.89. The summed E-state index contributed by atoms with van der Waals surface area (Å²) < 4.78 is 16.5. The van der Waals surface area contributed by atoms with Crippen LogP contribution in [0.4, 0.5) is 0 Å². The molecule has 1 amide bonds. The second-order valence-corrected chi connectivity index (χ2v) is 6.48. The fourth-order valence-corrected chi connectivity index (χ4v) is 2.70. The van der Waals surface area contributed by atoms with Crippen LogP contribution in [-0.2, 0) is 4.79 Å². The summed E-state index contributed by atoms with van der Waals surface area (Å²) in [6, 6.07) is 3.59. The molecule has 1 aromatic carbocycles. The molecule has 2 aromatic heterocycles. The number of rotatable bonds is 8. The number of nitrogens with one attached hydrogen (secondary N) is 1. The molecule has 9 nitrogen and oxygen atoms in total. The Morgan fingerprint density at radius 2 is 1.90 bits per heavy atom. The predicted molar refractivity (Wildman–Crippen MR) is 107 cm³/mol. The van der Waals surface area contributed by atoms with Crippen LogP contribution in [0.25, 0.3) is 10.9 Å². The van der Waals surface area contributed by atoms with Gasteiger partial charge >= 0.3 is 6.01 Å². The number of carbonyl (C=O) groups excluding carboxylic acids is 1. The molecule has 3 aromatic rings. The number of amides is 1. The van der Waals surface area contributed by atoms with Crippen molar-refractivity contribution < 1.29 is 19.0 Å². The molecule has 0 bridgehead atoms. The zero-order valence-corrected chi connectivity index (χ0v) is 16.9. The van der Waals surface area contributed by atoms with Crippen LogP contribution < -0.4 is 19.5 Å². The third-order valence-corrected chi connectivity index (χ3v) is 4.05. The largest absolute Gasteiger partial charge is 0.474 e. The first-order chi connectivity index (χ1) is 14.0. The fraction of sp³-hybridized carbons (Fsp3) is 0.316. The SMILES string of the molecule is CCOc1ncc2c(Cl)c(Oc3cnc(OCC(C)NC(C)=O)cn3)ccc2n1. The Kier molecular flexibility index (Phi) is 6.61. The zero-order chi connectivity index (χ0) is 20.8. The normalized spacial score (nSPS) is 11.7. The quantitative estimate of drug-likeness (QED) is 0.595. The van der Waals surface area contributed by atoms with Crippen LogP contribution in [0.1, 0.15) is 20.8 Å². The molecular weight excluding hydrogens is 398 g/mol. The summed E-state index contributed by atoms with van der Waals surface area (Å²) in [4.78, 5) is 27.7. The van der Waals surface area contributed by atoms with Gasteiger partial charge < -0.3 is 19.5 Å². The highest BCUT2D eigenvalue weighted by atomic mass is 35.5. The topological polar surface area (TPSA) is 108 Å². The molecule has 3 rings (SSSR count). The summed E-state index contributed by atoms with van der Waals surface area (Å²) in [6.07, 6.45) is 4.44. The molecule has 0 fully saturated rings. The number of benzene rings is 1. The van der Waals surface area contributed by atoms with Crippen molar-refractivity contribution >= 4 is 28.4 Å². The molecular formula is C19H20ClN5O4. The second-order valence-electron chi connectivity index (χ2n) is 6.10. The second kappa shape index (κ2) is 9.33. The number of nitrogens with zero attached hydrogens (tertiary/aromatic N) is 4. The molecule has 0 spiro atoms. The molecule has 0 radical (unpaired) electrons. The third kappa shape index (κ3) is 5.41. The van der Waals surface area contributed by atoms with Gasteiger partial charge in [0, 0.05) is 18.5 Å². The molecule has 0 aliphatic rings. The molecule has 10 heteroatoms. The average molecular weight is 418 g/mol. The Balaban J connectivity index is 1.68. The number of aromatic nitrogens is 4. The predicted octanol–water partition coefficient (Wildman–Crippen LogP) is 3.17. The van der Waals surface area contributed by atoms with Crippen LogP contribution in [0.3, 0.4) is 0 Å². The molecule has 1 N–H and O–H groups in total. The highest BCUT2D eigenvalue weighted by Gasteiger charge is 2.12. The molecule has 29 heavy (non-hydrogen) atoms. The minimum Gasteiger partial charge on any atom is -0.474 e. The Morgan fingerprint density at radius 3 is 2.59 bits per heavy atom. The van der Waals surface area contributed by atoms with Crippen molar-refractivity contribution in [3.63, 3.8) is 0 Å². The van der Waals surface area contributed by atoms with Gasteiger partial charge in [0.15, 0.2) is 0 Å². The number of halogens is 1. The van der Waals surface area contributed by atoms with Crippen molar-refractivity contribution in [1.29, 1.82) is 0 Å². The summed E-state index contributed by atoms with van der Waals surface area (Å²) >= 11 is 6.43. The van der Waals surface area contributed by atoms with Gasteiger partial charge in [0.2, 0.25) is 17.7 Å². The lowest BCUT2D eigenvalue weighted by molar-refractivity contribution is -0.119. The monoisotopic (exact) mass is 417 g/mol. The van der Waals surface area contributed by atoms with Gasteiger partial charge in [-0.15, -0.1) is 0 Å². The van der Waals surface area contributed by atoms with E-state index in [9.17, 15) is 4.79 Å². The number of carbonyl (C=O) groups is 1. The van der Waals surface area contributed by atoms with Crippen molar-refractivity contribution in [3.05, 3.63) is 35.7 Å². The van der Waals surface area contributed by atoms with E-state index in [1.54, 1.807) is 18.3 Å². The minimum atomic E-state index is -0.146. The van der Waals surface area contributed by atoms with Gasteiger partial charge in [-0.2, -0.15) is 4.98 Å². The van der Waals surface area contributed by atoms with E-state index in [-0.39, 0.29) is 24.4 Å². The lowest BCUT2D eigenvalue weighted by Crippen LogP contribution is -2.35. The van der Waals surface area contributed by atoms with Gasteiger partial charge in [-0.05, 0) is 26.0 Å². The van der Waals surface area contributed by atoms with Gasteiger partial charge in [0.05, 0.1) is 35.6 Å². The van der Waals surface area contributed by atoms with Crippen LogP contribution in [0, 0.1) is 0 Å². The number of ether oxygens (including phenoxy) is 3. The van der Waals surface area contributed by atoms with E-state index in [4.69, 9.17) is 25.8 Å². The van der Waals surface area contributed by atoms with Crippen LogP contribution in [0.5, 0.6) is 23.5 Å². The van der Waals surface area contributed by atoms with Crippen molar-refractivity contribution in [1.82, 2.24) is 25.3 Å². The third-order valence-electron chi connectivity index (χ3n) is 3.66. The highest BCUT2D eigenvalue weighted by Crippen LogP contribution is 2.34. The molecule has 2 heterocycles. The van der Waals surface area contributed by atoms with Crippen molar-refractivity contribution in [2.24, 2.45) is 0 Å². The summed E-state index contributed by atoms with van der Waals surface area (Å²) in [5, 5.41) is 3.71. The maximum atomic E-state index is 11.0. The maximum Gasteiger partial charge on any atom is 0.316 e. The first-order valence-corrected chi connectivity index (χ1v) is 9.32. The van der Waals surface area contributed by atoms with Crippen LogP contribution in [-0.4, -0.2) is 45.1 Å². The van der Waals surface area contributed by atoms with Crippen LogP contribution in [0.15, 0.2) is 30.7 Å². The lowest BCUT2D eigenvalue weighted by Gasteiger charge is -2.13. The van der Waals surface area contributed by atoms with Gasteiger partial charge in [-0.1, -0.05) is 11.6 Å². The molecule has 1 atom stereocenters. The van der Waals surface area contributed by atoms with Crippen LogP contribution >= 0.6 is 11.6 Å². The van der Waals surface area contributed by atoms with Gasteiger partial charge in [-0.25, -0.2) is 15.0 Å². The molecule has 0 saturated carbocycles. The Bertz CT molecular complexity index is 1000. The molecule has 0 saturated heterocycles. The molecule has 0 aliphatic heterocycles. The van der Waals surface area contributed by atoms with Gasteiger partial charge in [-0.3, -0.25) is 4.79 Å². The first-order valence-electron chi connectivity index (χ1n) is 8.94. The van der Waals surface area contributed by atoms with E-state index in [0.717, 1.165) is 0 Å². The standard InChI is InChI=1S/C19H20ClN5O4/c1-4-27-19-23-7-13-14(25-19)5-6-15(18(13)20)29-17-9-21-16(8-22-17)28-10-11(2)24-12(3)26/h5-9,11H,4,10H2,1-3H3,(H,24,26). The Morgan fingerprint density at radius 1 is 1.14 bits per heavy atom. The molecule has 1 unspecified atom stereocenters. The molecule has 152 valence electrons. The smallest absolute Gasteiger partial charge is 0.316 e. The first kappa shape index (κ1) is 20.5. The van der Waals surface area contributed by atoms with E-state index in [2.05, 4.69) is 25.3 Å². The van der Waals surface area contributed by atoms with E-state index >= 15 is 0 Å². The lowest BCUT2D eigenvalue weighted by atomic mass is 10.2. The van der Waals surface area contributed by atoms with Crippen molar-refractivity contribution in [2.75, 3.05) is 13.2 Å². The highest BCUT2D eigenvalue weighted by molar-refractivity contribution is 6.36. The van der Waals surface area contributed by atoms with Crippen molar-refractivity contribution in [2.45, 2.75) is 26.8 Å². The minimum absolute atomic E-state index is 0.122. The van der Waals surface area contributed by atoms with Crippen molar-refractivity contribution in [3.8, 4) is 23.5 Å². The average Bonchev–Trinajstić information content (AvgIpc) is 2.69. The van der Waals surface area contributed by atoms with E-state index in [1.165, 1.54) is 19.3 Å². The van der Waals surface area contributed by atoms with E-state index in [0.29, 0.717) is 40.2 Å². The van der Waals surface area contributed by atoms with E-state index in [1.807, 2.05) is 13.8 Å². The van der Waals surface area contributed by atoms with Crippen LogP contribution in [0.2, 0.25) is 5.02 Å². The zero-order valence-electron chi connectivity index (χ0n) is 16.2. The Labute approximate surface area is 172 Å². The number of hydrogen-bond acceptors (Lipinski definition) is 8.